The molecule has 3 rings (SSSR count). The van der Waals surface area contributed by atoms with Gasteiger partial charge in [0.2, 0.25) is 0 Å². The normalized spacial score (nSPS) is 23.0. The lowest BCUT2D eigenvalue weighted by Crippen LogP contribution is -2.47. The highest BCUT2D eigenvalue weighted by molar-refractivity contribution is 5.68. The molecular weight excluding hydrogens is 405 g/mol. The number of carbonyl (C=O) groups is 1. The Morgan fingerprint density at radius 2 is 1.68 bits per heavy atom. The number of carbonyl (C=O) groups excluding carboxylic acids is 1. The standard InChI is InChI=1S/C24H35F3N2O2/c1-31-23(30)7-2-4-19-8-10-20(11-9-19)12-13-28-14-16-29(17-15-28)22-6-3-5-21(18-22)24(25,26)27/h3,5-6,18-20H,2,4,7-17H2,1H3. The molecular formula is C24H35F3N2O2. The first kappa shape index (κ1) is 23.9. The molecule has 2 aliphatic rings. The van der Waals surface area contributed by atoms with Gasteiger partial charge >= 0.3 is 12.1 Å². The number of halogens is 3. The van der Waals surface area contributed by atoms with Crippen LogP contribution in [-0.2, 0) is 15.7 Å². The zero-order valence-corrected chi connectivity index (χ0v) is 18.5. The van der Waals surface area contributed by atoms with Crippen LogP contribution in [0.5, 0.6) is 0 Å². The van der Waals surface area contributed by atoms with E-state index in [-0.39, 0.29) is 5.97 Å². The van der Waals surface area contributed by atoms with Gasteiger partial charge in [-0.3, -0.25) is 9.69 Å². The van der Waals surface area contributed by atoms with Crippen molar-refractivity contribution in [1.82, 2.24) is 4.90 Å². The van der Waals surface area contributed by atoms with E-state index in [0.717, 1.165) is 63.5 Å². The van der Waals surface area contributed by atoms with E-state index in [1.165, 1.54) is 51.3 Å². The maximum Gasteiger partial charge on any atom is 0.416 e. The summed E-state index contributed by atoms with van der Waals surface area (Å²) in [6, 6.07) is 5.66. The van der Waals surface area contributed by atoms with Crippen LogP contribution in [0, 0.1) is 11.8 Å². The molecule has 0 atom stereocenters. The number of ether oxygens (including phenoxy) is 1. The van der Waals surface area contributed by atoms with E-state index in [9.17, 15) is 18.0 Å². The van der Waals surface area contributed by atoms with Crippen LogP contribution in [0.1, 0.15) is 56.9 Å². The van der Waals surface area contributed by atoms with Gasteiger partial charge in [-0.05, 0) is 55.8 Å². The molecule has 1 aromatic rings. The highest BCUT2D eigenvalue weighted by atomic mass is 19.4. The van der Waals surface area contributed by atoms with Crippen LogP contribution < -0.4 is 4.90 Å². The van der Waals surface area contributed by atoms with Crippen molar-refractivity contribution in [3.05, 3.63) is 29.8 Å². The number of piperazine rings is 1. The van der Waals surface area contributed by atoms with E-state index < -0.39 is 11.7 Å². The third-order valence-electron chi connectivity index (χ3n) is 6.95. The van der Waals surface area contributed by atoms with Crippen LogP contribution in [0.3, 0.4) is 0 Å². The number of rotatable bonds is 8. The van der Waals surface area contributed by atoms with Gasteiger partial charge in [-0.2, -0.15) is 13.2 Å². The van der Waals surface area contributed by atoms with Crippen molar-refractivity contribution in [3.8, 4) is 0 Å². The number of benzene rings is 1. The zero-order valence-electron chi connectivity index (χ0n) is 18.5. The second-order valence-corrected chi connectivity index (χ2v) is 9.02. The van der Waals surface area contributed by atoms with Gasteiger partial charge in [0, 0.05) is 38.3 Å². The first-order valence-corrected chi connectivity index (χ1v) is 11.6. The molecule has 7 heteroatoms. The summed E-state index contributed by atoms with van der Waals surface area (Å²) in [5.74, 6) is 1.41. The predicted octanol–water partition coefficient (Wildman–Crippen LogP) is 5.37. The number of hydrogen-bond acceptors (Lipinski definition) is 4. The molecule has 1 aliphatic heterocycles. The van der Waals surface area contributed by atoms with Gasteiger partial charge in [0.25, 0.3) is 0 Å². The molecule has 0 spiro atoms. The first-order chi connectivity index (χ1) is 14.8. The second-order valence-electron chi connectivity index (χ2n) is 9.02. The molecule has 0 amide bonds. The molecule has 0 radical (unpaired) electrons. The Morgan fingerprint density at radius 3 is 2.29 bits per heavy atom. The molecule has 0 N–H and O–H groups in total. The van der Waals surface area contributed by atoms with Crippen molar-refractivity contribution in [2.45, 2.75) is 57.5 Å². The summed E-state index contributed by atoms with van der Waals surface area (Å²) < 4.78 is 43.6. The number of esters is 1. The predicted molar refractivity (Wildman–Crippen MR) is 116 cm³/mol. The fourth-order valence-corrected chi connectivity index (χ4v) is 4.92. The minimum absolute atomic E-state index is 0.109. The van der Waals surface area contributed by atoms with Crippen molar-refractivity contribution in [1.29, 1.82) is 0 Å². The van der Waals surface area contributed by atoms with Crippen molar-refractivity contribution >= 4 is 11.7 Å². The quantitative estimate of drug-likeness (QED) is 0.509. The largest absolute Gasteiger partial charge is 0.469 e. The van der Waals surface area contributed by atoms with Gasteiger partial charge in [-0.1, -0.05) is 31.7 Å². The number of anilines is 1. The molecule has 0 unspecified atom stereocenters. The third kappa shape index (κ3) is 7.41. The van der Waals surface area contributed by atoms with E-state index in [0.29, 0.717) is 12.1 Å². The molecule has 1 saturated heterocycles. The number of nitrogens with zero attached hydrogens (tertiary/aromatic N) is 2. The van der Waals surface area contributed by atoms with Gasteiger partial charge in [0.15, 0.2) is 0 Å². The van der Waals surface area contributed by atoms with Crippen molar-refractivity contribution in [2.75, 3.05) is 44.7 Å². The molecule has 4 nitrogen and oxygen atoms in total. The summed E-state index contributed by atoms with van der Waals surface area (Å²) in [5, 5.41) is 0. The number of hydrogen-bond donors (Lipinski definition) is 0. The van der Waals surface area contributed by atoms with Crippen LogP contribution in [0.2, 0.25) is 0 Å². The molecule has 174 valence electrons. The molecule has 0 bridgehead atoms. The minimum atomic E-state index is -4.29. The van der Waals surface area contributed by atoms with Crippen molar-refractivity contribution < 1.29 is 22.7 Å². The average molecular weight is 441 g/mol. The average Bonchev–Trinajstić information content (AvgIpc) is 2.78. The lowest BCUT2D eigenvalue weighted by Gasteiger charge is -2.37. The summed E-state index contributed by atoms with van der Waals surface area (Å²) in [6.45, 7) is 4.43. The Morgan fingerprint density at radius 1 is 1.03 bits per heavy atom. The van der Waals surface area contributed by atoms with Crippen LogP contribution in [-0.4, -0.2) is 50.7 Å². The van der Waals surface area contributed by atoms with Crippen molar-refractivity contribution in [2.24, 2.45) is 11.8 Å². The van der Waals surface area contributed by atoms with Gasteiger partial charge in [0.1, 0.15) is 0 Å². The Kier molecular flexibility index (Phi) is 8.64. The zero-order chi connectivity index (χ0) is 22.3. The fraction of sp³-hybridized carbons (Fsp3) is 0.708. The molecule has 1 heterocycles. The van der Waals surface area contributed by atoms with Crippen LogP contribution in [0.25, 0.3) is 0 Å². The van der Waals surface area contributed by atoms with E-state index in [1.807, 2.05) is 0 Å². The maximum absolute atomic E-state index is 13.0. The molecule has 0 aromatic heterocycles. The van der Waals surface area contributed by atoms with Gasteiger partial charge in [0.05, 0.1) is 12.7 Å². The second kappa shape index (κ2) is 11.2. The fourth-order valence-electron chi connectivity index (χ4n) is 4.92. The molecule has 1 aromatic carbocycles. The third-order valence-corrected chi connectivity index (χ3v) is 6.95. The molecule has 1 saturated carbocycles. The van der Waals surface area contributed by atoms with E-state index in [2.05, 4.69) is 9.80 Å². The Hall–Kier alpha value is -1.76. The van der Waals surface area contributed by atoms with Crippen LogP contribution in [0.15, 0.2) is 24.3 Å². The van der Waals surface area contributed by atoms with Gasteiger partial charge < -0.3 is 9.64 Å². The maximum atomic E-state index is 13.0. The topological polar surface area (TPSA) is 32.8 Å². The highest BCUT2D eigenvalue weighted by Crippen LogP contribution is 2.34. The van der Waals surface area contributed by atoms with Crippen molar-refractivity contribution in [3.63, 3.8) is 0 Å². The van der Waals surface area contributed by atoms with Gasteiger partial charge in [-0.15, -0.1) is 0 Å². The Bertz CT molecular complexity index is 694. The Labute approximate surface area is 183 Å². The van der Waals surface area contributed by atoms with E-state index in [4.69, 9.17) is 4.74 Å². The Balaban J connectivity index is 1.33. The molecule has 2 fully saturated rings. The van der Waals surface area contributed by atoms with Crippen LogP contribution in [0.4, 0.5) is 18.9 Å². The summed E-state index contributed by atoms with van der Waals surface area (Å²) in [4.78, 5) is 15.7. The summed E-state index contributed by atoms with van der Waals surface area (Å²) in [6.07, 6.45) is 4.56. The van der Waals surface area contributed by atoms with Gasteiger partial charge in [-0.25, -0.2) is 0 Å². The number of methoxy groups -OCH3 is 1. The van der Waals surface area contributed by atoms with E-state index in [1.54, 1.807) is 6.07 Å². The number of alkyl halides is 3. The summed E-state index contributed by atoms with van der Waals surface area (Å²) in [5.41, 5.74) is 0.0910. The summed E-state index contributed by atoms with van der Waals surface area (Å²) >= 11 is 0. The highest BCUT2D eigenvalue weighted by Gasteiger charge is 2.31. The molecule has 31 heavy (non-hydrogen) atoms. The first-order valence-electron chi connectivity index (χ1n) is 11.6. The van der Waals surface area contributed by atoms with Crippen LogP contribution >= 0.6 is 0 Å². The molecule has 1 aliphatic carbocycles. The SMILES string of the molecule is COC(=O)CCCC1CCC(CCN2CCN(c3cccc(C(F)(F)F)c3)CC2)CC1. The monoisotopic (exact) mass is 440 g/mol. The lowest BCUT2D eigenvalue weighted by atomic mass is 9.78. The lowest BCUT2D eigenvalue weighted by molar-refractivity contribution is -0.141. The minimum Gasteiger partial charge on any atom is -0.469 e. The summed E-state index contributed by atoms with van der Waals surface area (Å²) in [7, 11) is 1.44. The van der Waals surface area contributed by atoms with E-state index >= 15 is 0 Å². The smallest absolute Gasteiger partial charge is 0.416 e.